The number of carboxylic acids is 1. The van der Waals surface area contributed by atoms with E-state index in [9.17, 15) is 4.79 Å². The van der Waals surface area contributed by atoms with E-state index in [2.05, 4.69) is 0 Å². The molecule has 1 atom stereocenters. The summed E-state index contributed by atoms with van der Waals surface area (Å²) in [4.78, 5) is 10.9. The number of hydrogen-bond acceptors (Lipinski definition) is 2. The van der Waals surface area contributed by atoms with Crippen molar-refractivity contribution in [2.75, 3.05) is 7.11 Å². The average molecular weight is 257 g/mol. The van der Waals surface area contributed by atoms with Gasteiger partial charge in [-0.05, 0) is 37.0 Å². The number of rotatable bonds is 4. The number of aryl methyl sites for hydroxylation is 1. The van der Waals surface area contributed by atoms with Gasteiger partial charge in [-0.25, -0.2) is 0 Å². The van der Waals surface area contributed by atoms with Gasteiger partial charge in [-0.1, -0.05) is 24.6 Å². The van der Waals surface area contributed by atoms with Crippen molar-refractivity contribution in [3.63, 3.8) is 0 Å². The third-order valence-electron chi connectivity index (χ3n) is 2.95. The second-order valence-corrected chi connectivity index (χ2v) is 4.65. The summed E-state index contributed by atoms with van der Waals surface area (Å²) in [6.45, 7) is 5.55. The minimum absolute atomic E-state index is 0.416. The minimum Gasteiger partial charge on any atom is -0.495 e. The van der Waals surface area contributed by atoms with Gasteiger partial charge in [0.15, 0.2) is 0 Å². The summed E-state index contributed by atoms with van der Waals surface area (Å²) in [6.07, 6.45) is 0.416. The number of ether oxygens (including phenoxy) is 1. The van der Waals surface area contributed by atoms with E-state index in [1.54, 1.807) is 14.0 Å². The summed E-state index contributed by atoms with van der Waals surface area (Å²) >= 11 is 6.19. The maximum Gasteiger partial charge on any atom is 0.306 e. The summed E-state index contributed by atoms with van der Waals surface area (Å²) in [7, 11) is 1.55. The third-order valence-corrected chi connectivity index (χ3v) is 3.41. The monoisotopic (exact) mass is 256 g/mol. The predicted octanol–water partition coefficient (Wildman–Crippen LogP) is 3.23. The van der Waals surface area contributed by atoms with E-state index < -0.39 is 11.9 Å². The summed E-state index contributed by atoms with van der Waals surface area (Å²) < 4.78 is 5.27. The Balaban J connectivity index is 3.19. The quantitative estimate of drug-likeness (QED) is 0.900. The van der Waals surface area contributed by atoms with Crippen LogP contribution in [0.15, 0.2) is 6.07 Å². The van der Waals surface area contributed by atoms with Crippen molar-refractivity contribution in [3.8, 4) is 5.75 Å². The molecule has 0 aliphatic rings. The van der Waals surface area contributed by atoms with Crippen LogP contribution in [0.1, 0.15) is 23.6 Å². The van der Waals surface area contributed by atoms with E-state index in [1.165, 1.54) is 0 Å². The van der Waals surface area contributed by atoms with Gasteiger partial charge in [0.25, 0.3) is 0 Å². The Morgan fingerprint density at radius 2 is 2.12 bits per heavy atom. The van der Waals surface area contributed by atoms with E-state index in [0.717, 1.165) is 16.7 Å². The van der Waals surface area contributed by atoms with Gasteiger partial charge in [-0.3, -0.25) is 4.79 Å². The molecule has 0 heterocycles. The summed E-state index contributed by atoms with van der Waals surface area (Å²) in [5, 5.41) is 9.50. The lowest BCUT2D eigenvalue weighted by molar-refractivity contribution is -0.141. The molecular weight excluding hydrogens is 240 g/mol. The summed E-state index contributed by atoms with van der Waals surface area (Å²) in [5.74, 6) is -0.689. The molecule has 0 bridgehead atoms. The van der Waals surface area contributed by atoms with Gasteiger partial charge in [-0.15, -0.1) is 0 Å². The van der Waals surface area contributed by atoms with Crippen LogP contribution in [0.25, 0.3) is 0 Å². The zero-order valence-corrected chi connectivity index (χ0v) is 11.3. The van der Waals surface area contributed by atoms with Crippen LogP contribution in [0, 0.1) is 19.8 Å². The van der Waals surface area contributed by atoms with Crippen LogP contribution in [-0.2, 0) is 11.2 Å². The Hall–Kier alpha value is -1.22. The maximum absolute atomic E-state index is 10.9. The molecule has 0 radical (unpaired) electrons. The molecule has 0 spiro atoms. The topological polar surface area (TPSA) is 46.5 Å². The molecule has 0 aromatic heterocycles. The van der Waals surface area contributed by atoms with Crippen LogP contribution in [0.4, 0.5) is 0 Å². The Kier molecular flexibility index (Phi) is 4.40. The molecule has 0 aliphatic heterocycles. The van der Waals surface area contributed by atoms with Gasteiger partial charge in [0.1, 0.15) is 5.75 Å². The Morgan fingerprint density at radius 1 is 1.53 bits per heavy atom. The fourth-order valence-electron chi connectivity index (χ4n) is 1.71. The molecule has 94 valence electrons. The second-order valence-electron chi connectivity index (χ2n) is 4.27. The summed E-state index contributed by atoms with van der Waals surface area (Å²) in [5.41, 5.74) is 2.86. The lowest BCUT2D eigenvalue weighted by Crippen LogP contribution is -2.13. The molecule has 4 heteroatoms. The number of benzene rings is 1. The number of methoxy groups -OCH3 is 1. The maximum atomic E-state index is 10.9. The van der Waals surface area contributed by atoms with E-state index in [0.29, 0.717) is 17.2 Å². The van der Waals surface area contributed by atoms with E-state index in [4.69, 9.17) is 21.4 Å². The lowest BCUT2D eigenvalue weighted by atomic mass is 9.96. The number of carbonyl (C=O) groups is 1. The first kappa shape index (κ1) is 13.8. The minimum atomic E-state index is -0.818. The first-order valence-electron chi connectivity index (χ1n) is 5.43. The van der Waals surface area contributed by atoms with Crippen molar-refractivity contribution >= 4 is 17.6 Å². The first-order chi connectivity index (χ1) is 7.88. The van der Waals surface area contributed by atoms with Gasteiger partial charge in [0.05, 0.1) is 18.1 Å². The van der Waals surface area contributed by atoms with Crippen LogP contribution < -0.4 is 4.74 Å². The van der Waals surface area contributed by atoms with Crippen molar-refractivity contribution in [1.29, 1.82) is 0 Å². The van der Waals surface area contributed by atoms with Crippen molar-refractivity contribution in [1.82, 2.24) is 0 Å². The van der Waals surface area contributed by atoms with Gasteiger partial charge in [-0.2, -0.15) is 0 Å². The van der Waals surface area contributed by atoms with Crippen molar-refractivity contribution in [3.05, 3.63) is 27.8 Å². The normalized spacial score (nSPS) is 12.3. The Morgan fingerprint density at radius 3 is 2.59 bits per heavy atom. The summed E-state index contributed by atoms with van der Waals surface area (Å²) in [6, 6.07) is 1.94. The molecule has 1 aromatic rings. The average Bonchev–Trinajstić information content (AvgIpc) is 2.26. The molecule has 1 unspecified atom stereocenters. The zero-order valence-electron chi connectivity index (χ0n) is 10.5. The molecule has 1 rings (SSSR count). The second kappa shape index (κ2) is 5.41. The van der Waals surface area contributed by atoms with Crippen LogP contribution >= 0.6 is 11.6 Å². The van der Waals surface area contributed by atoms with Crippen LogP contribution in [0.2, 0.25) is 5.02 Å². The molecule has 3 nitrogen and oxygen atoms in total. The molecule has 0 saturated heterocycles. The van der Waals surface area contributed by atoms with Crippen LogP contribution in [0.3, 0.4) is 0 Å². The van der Waals surface area contributed by atoms with Crippen molar-refractivity contribution in [2.45, 2.75) is 27.2 Å². The molecule has 17 heavy (non-hydrogen) atoms. The molecule has 1 N–H and O–H groups in total. The molecule has 0 fully saturated rings. The standard InChI is InChI=1S/C13H17ClO3/c1-7-5-10(6-8(2)13(15)16)12(17-4)11(14)9(7)3/h5,8H,6H2,1-4H3,(H,15,16). The molecule has 0 saturated carbocycles. The third kappa shape index (κ3) is 2.91. The number of carboxylic acid groups (broad SMARTS) is 1. The van der Waals surface area contributed by atoms with Gasteiger partial charge in [0.2, 0.25) is 0 Å². The molecule has 1 aromatic carbocycles. The van der Waals surface area contributed by atoms with E-state index in [-0.39, 0.29) is 0 Å². The van der Waals surface area contributed by atoms with E-state index >= 15 is 0 Å². The van der Waals surface area contributed by atoms with Crippen LogP contribution in [0.5, 0.6) is 5.75 Å². The van der Waals surface area contributed by atoms with Gasteiger partial charge >= 0.3 is 5.97 Å². The number of hydrogen-bond donors (Lipinski definition) is 1. The fourth-order valence-corrected chi connectivity index (χ4v) is 2.06. The van der Waals surface area contributed by atoms with E-state index in [1.807, 2.05) is 19.9 Å². The molecular formula is C13H17ClO3. The number of halogens is 1. The van der Waals surface area contributed by atoms with Crippen LogP contribution in [-0.4, -0.2) is 18.2 Å². The van der Waals surface area contributed by atoms with Gasteiger partial charge in [0, 0.05) is 0 Å². The fraction of sp³-hybridized carbons (Fsp3) is 0.462. The smallest absolute Gasteiger partial charge is 0.306 e. The van der Waals surface area contributed by atoms with Gasteiger partial charge < -0.3 is 9.84 Å². The Bertz CT molecular complexity index is 441. The van der Waals surface area contributed by atoms with Crippen molar-refractivity contribution < 1.29 is 14.6 Å². The highest BCUT2D eigenvalue weighted by Crippen LogP contribution is 2.35. The molecule has 0 aliphatic carbocycles. The number of aliphatic carboxylic acids is 1. The Labute approximate surface area is 106 Å². The highest BCUT2D eigenvalue weighted by molar-refractivity contribution is 6.33. The first-order valence-corrected chi connectivity index (χ1v) is 5.81. The molecule has 0 amide bonds. The highest BCUT2D eigenvalue weighted by Gasteiger charge is 2.18. The van der Waals surface area contributed by atoms with Crippen molar-refractivity contribution in [2.24, 2.45) is 5.92 Å². The SMILES string of the molecule is COc1c(CC(C)C(=O)O)cc(C)c(C)c1Cl. The largest absolute Gasteiger partial charge is 0.495 e. The predicted molar refractivity (Wildman–Crippen MR) is 68.0 cm³/mol. The zero-order chi connectivity index (χ0) is 13.2. The lowest BCUT2D eigenvalue weighted by Gasteiger charge is -2.16. The highest BCUT2D eigenvalue weighted by atomic mass is 35.5.